The molecule has 0 heterocycles. The van der Waals surface area contributed by atoms with Crippen LogP contribution in [0.2, 0.25) is 0 Å². The van der Waals surface area contributed by atoms with Crippen LogP contribution in [-0.4, -0.2) is 62.5 Å². The number of hydrogen-bond acceptors (Lipinski definition) is 4. The van der Waals surface area contributed by atoms with Crippen LogP contribution in [0.4, 0.5) is 0 Å². The Hall–Kier alpha value is -0.650. The minimum absolute atomic E-state index is 0.0378. The fourth-order valence-corrected chi connectivity index (χ4v) is 2.49. The lowest BCUT2D eigenvalue weighted by Crippen LogP contribution is -2.30. The van der Waals surface area contributed by atoms with Crippen LogP contribution < -0.4 is 0 Å². The minimum atomic E-state index is 0.0378. The number of likely N-dealkylation sites (N-methyl/N-ethyl adjacent to an activating group) is 1. The number of unbranched alkanes of at least 4 members (excludes halogenated alkanes) is 8. The van der Waals surface area contributed by atoms with E-state index in [-0.39, 0.29) is 12.5 Å². The number of nitrogens with zero attached hydrogens (tertiary/aromatic N) is 1. The summed E-state index contributed by atoms with van der Waals surface area (Å²) in [6.07, 6.45) is 12.1. The summed E-state index contributed by atoms with van der Waals surface area (Å²) < 4.78 is 10.5. The van der Waals surface area contributed by atoms with Crippen molar-refractivity contribution < 1.29 is 19.4 Å². The van der Waals surface area contributed by atoms with Gasteiger partial charge in [-0.05, 0) is 6.42 Å². The van der Waals surface area contributed by atoms with Gasteiger partial charge in [0.2, 0.25) is 5.91 Å². The third kappa shape index (κ3) is 16.2. The highest BCUT2D eigenvalue weighted by Crippen LogP contribution is 2.10. The van der Waals surface area contributed by atoms with E-state index in [0.29, 0.717) is 39.4 Å². The number of rotatable bonds is 18. The van der Waals surface area contributed by atoms with Crippen LogP contribution in [-0.2, 0) is 14.3 Å². The van der Waals surface area contributed by atoms with Crippen LogP contribution in [0, 0.1) is 0 Å². The smallest absolute Gasteiger partial charge is 0.222 e. The van der Waals surface area contributed by atoms with Crippen molar-refractivity contribution >= 4 is 5.91 Å². The van der Waals surface area contributed by atoms with Crippen LogP contribution in [0.25, 0.3) is 0 Å². The second-order valence-electron chi connectivity index (χ2n) is 6.34. The second-order valence-corrected chi connectivity index (χ2v) is 6.34. The highest BCUT2D eigenvalue weighted by molar-refractivity contribution is 5.75. The van der Waals surface area contributed by atoms with Gasteiger partial charge in [-0.1, -0.05) is 58.3 Å². The molecular weight excluding hydrogens is 306 g/mol. The van der Waals surface area contributed by atoms with Crippen molar-refractivity contribution in [1.82, 2.24) is 4.90 Å². The molecule has 5 nitrogen and oxygen atoms in total. The maximum absolute atomic E-state index is 12.0. The average Bonchev–Trinajstić information content (AvgIpc) is 2.59. The van der Waals surface area contributed by atoms with E-state index in [0.717, 1.165) is 12.8 Å². The molecular formula is C19H39NO4. The highest BCUT2D eigenvalue weighted by Gasteiger charge is 2.07. The number of carbonyl (C=O) groups excluding carboxylic acids is 1. The summed E-state index contributed by atoms with van der Waals surface area (Å²) in [7, 11) is 1.84. The Labute approximate surface area is 148 Å². The standard InChI is InChI=1S/C19H39NO4/c1-3-4-5-6-7-8-9-10-11-12-19(22)20(2)13-15-23-17-18-24-16-14-21/h21H,3-18H2,1-2H3. The van der Waals surface area contributed by atoms with E-state index in [4.69, 9.17) is 14.6 Å². The minimum Gasteiger partial charge on any atom is -0.394 e. The Bertz CT molecular complexity index is 274. The van der Waals surface area contributed by atoms with Gasteiger partial charge in [0.1, 0.15) is 0 Å². The van der Waals surface area contributed by atoms with Crippen molar-refractivity contribution in [3.8, 4) is 0 Å². The summed E-state index contributed by atoms with van der Waals surface area (Å²) >= 11 is 0. The maximum Gasteiger partial charge on any atom is 0.222 e. The molecule has 0 atom stereocenters. The first kappa shape index (κ1) is 23.4. The first-order valence-corrected chi connectivity index (χ1v) is 9.72. The van der Waals surface area contributed by atoms with E-state index in [2.05, 4.69) is 6.92 Å². The highest BCUT2D eigenvalue weighted by atomic mass is 16.5. The molecule has 0 saturated carbocycles. The van der Waals surface area contributed by atoms with E-state index >= 15 is 0 Å². The molecule has 0 rings (SSSR count). The fraction of sp³-hybridized carbons (Fsp3) is 0.947. The zero-order valence-corrected chi connectivity index (χ0v) is 15.9. The van der Waals surface area contributed by atoms with Gasteiger partial charge in [0.05, 0.1) is 33.0 Å². The number of hydrogen-bond donors (Lipinski definition) is 1. The summed E-state index contributed by atoms with van der Waals surface area (Å²) in [6.45, 7) is 4.76. The van der Waals surface area contributed by atoms with Crippen LogP contribution >= 0.6 is 0 Å². The van der Waals surface area contributed by atoms with Crippen molar-refractivity contribution in [2.75, 3.05) is 46.6 Å². The SMILES string of the molecule is CCCCCCCCCCCC(=O)N(C)CCOCCOCCO. The molecule has 0 aliphatic carbocycles. The first-order valence-electron chi connectivity index (χ1n) is 9.72. The molecule has 0 aromatic heterocycles. The quantitative estimate of drug-likeness (QED) is 0.387. The third-order valence-corrected chi connectivity index (χ3v) is 4.10. The molecule has 0 bridgehead atoms. The Balaban J connectivity index is 3.33. The fourth-order valence-electron chi connectivity index (χ4n) is 2.49. The zero-order chi connectivity index (χ0) is 17.9. The molecule has 0 aliphatic rings. The first-order chi connectivity index (χ1) is 11.7. The van der Waals surface area contributed by atoms with Crippen LogP contribution in [0.15, 0.2) is 0 Å². The Morgan fingerprint density at radius 1 is 0.833 bits per heavy atom. The van der Waals surface area contributed by atoms with E-state index in [1.54, 1.807) is 4.90 Å². The van der Waals surface area contributed by atoms with Gasteiger partial charge in [-0.15, -0.1) is 0 Å². The van der Waals surface area contributed by atoms with E-state index in [9.17, 15) is 4.79 Å². The van der Waals surface area contributed by atoms with E-state index in [1.807, 2.05) is 7.05 Å². The van der Waals surface area contributed by atoms with Crippen molar-refractivity contribution in [1.29, 1.82) is 0 Å². The van der Waals surface area contributed by atoms with Gasteiger partial charge in [0.25, 0.3) is 0 Å². The number of aliphatic hydroxyl groups excluding tert-OH is 1. The lowest BCUT2D eigenvalue weighted by Gasteiger charge is -2.17. The second kappa shape index (κ2) is 18.7. The van der Waals surface area contributed by atoms with Crippen molar-refractivity contribution in [2.24, 2.45) is 0 Å². The van der Waals surface area contributed by atoms with Gasteiger partial charge < -0.3 is 19.5 Å². The van der Waals surface area contributed by atoms with E-state index in [1.165, 1.54) is 44.9 Å². The van der Waals surface area contributed by atoms with E-state index < -0.39 is 0 Å². The Morgan fingerprint density at radius 3 is 1.96 bits per heavy atom. The third-order valence-electron chi connectivity index (χ3n) is 4.10. The van der Waals surface area contributed by atoms with Crippen LogP contribution in [0.3, 0.4) is 0 Å². The van der Waals surface area contributed by atoms with Crippen molar-refractivity contribution in [3.63, 3.8) is 0 Å². The Morgan fingerprint density at radius 2 is 1.38 bits per heavy atom. The monoisotopic (exact) mass is 345 g/mol. The maximum atomic E-state index is 12.0. The molecule has 0 aromatic carbocycles. The topological polar surface area (TPSA) is 59.0 Å². The van der Waals surface area contributed by atoms with Gasteiger partial charge in [0.15, 0.2) is 0 Å². The van der Waals surface area contributed by atoms with Gasteiger partial charge in [0, 0.05) is 20.0 Å². The van der Waals surface area contributed by atoms with Gasteiger partial charge >= 0.3 is 0 Å². The molecule has 0 aliphatic heterocycles. The molecule has 24 heavy (non-hydrogen) atoms. The molecule has 0 saturated heterocycles. The number of aliphatic hydroxyl groups is 1. The summed E-state index contributed by atoms with van der Waals surface area (Å²) in [5.74, 6) is 0.207. The molecule has 0 spiro atoms. The normalized spacial score (nSPS) is 11.0. The van der Waals surface area contributed by atoms with Crippen molar-refractivity contribution in [2.45, 2.75) is 71.1 Å². The lowest BCUT2D eigenvalue weighted by molar-refractivity contribution is -0.130. The Kier molecular flexibility index (Phi) is 18.2. The number of carbonyl (C=O) groups is 1. The molecule has 0 aromatic rings. The van der Waals surface area contributed by atoms with Crippen LogP contribution in [0.5, 0.6) is 0 Å². The average molecular weight is 346 g/mol. The lowest BCUT2D eigenvalue weighted by atomic mass is 10.1. The van der Waals surface area contributed by atoms with Crippen molar-refractivity contribution in [3.05, 3.63) is 0 Å². The summed E-state index contributed by atoms with van der Waals surface area (Å²) in [5.41, 5.74) is 0. The predicted octanol–water partition coefficient (Wildman–Crippen LogP) is 3.39. The summed E-state index contributed by atoms with van der Waals surface area (Å²) in [5, 5.41) is 8.56. The number of amides is 1. The zero-order valence-electron chi connectivity index (χ0n) is 15.9. The summed E-state index contributed by atoms with van der Waals surface area (Å²) in [4.78, 5) is 13.7. The molecule has 1 amide bonds. The number of ether oxygens (including phenoxy) is 2. The molecule has 1 N–H and O–H groups in total. The molecule has 0 radical (unpaired) electrons. The molecule has 0 unspecified atom stereocenters. The largest absolute Gasteiger partial charge is 0.394 e. The van der Waals surface area contributed by atoms with Gasteiger partial charge in [-0.25, -0.2) is 0 Å². The summed E-state index contributed by atoms with van der Waals surface area (Å²) in [6, 6.07) is 0. The van der Waals surface area contributed by atoms with Gasteiger partial charge in [-0.3, -0.25) is 4.79 Å². The molecule has 144 valence electrons. The molecule has 0 fully saturated rings. The predicted molar refractivity (Wildman–Crippen MR) is 98.2 cm³/mol. The van der Waals surface area contributed by atoms with Gasteiger partial charge in [-0.2, -0.15) is 0 Å². The van der Waals surface area contributed by atoms with Crippen LogP contribution in [0.1, 0.15) is 71.1 Å². The molecule has 5 heteroatoms.